The molecule has 0 spiro atoms. The van der Waals surface area contributed by atoms with Crippen LogP contribution in [0.5, 0.6) is 5.75 Å². The molecule has 0 radical (unpaired) electrons. The number of nitrogens with one attached hydrogen (secondary N) is 1. The Labute approximate surface area is 115 Å². The maximum atomic E-state index is 5.47. The van der Waals surface area contributed by atoms with Crippen molar-refractivity contribution in [3.63, 3.8) is 0 Å². The van der Waals surface area contributed by atoms with E-state index in [1.165, 1.54) is 22.3 Å². The van der Waals surface area contributed by atoms with Gasteiger partial charge in [-0.05, 0) is 55.3 Å². The van der Waals surface area contributed by atoms with E-state index in [1.54, 1.807) is 0 Å². The summed E-state index contributed by atoms with van der Waals surface area (Å²) in [5.74, 6) is 0.927. The highest BCUT2D eigenvalue weighted by atomic mass is 16.5. The molecule has 0 fully saturated rings. The molecule has 2 nitrogen and oxygen atoms in total. The van der Waals surface area contributed by atoms with Crippen LogP contribution in [0.1, 0.15) is 18.1 Å². The standard InChI is InChI=1S/C17H21NO/c1-4-19-16-8-6-15(7-9-16)17-10-5-14(12-18-3)11-13(17)2/h5-11,18H,4,12H2,1-3H3. The van der Waals surface area contributed by atoms with Crippen LogP contribution in [0.2, 0.25) is 0 Å². The molecule has 2 rings (SSSR count). The molecular formula is C17H21NO. The Morgan fingerprint density at radius 3 is 2.37 bits per heavy atom. The summed E-state index contributed by atoms with van der Waals surface area (Å²) >= 11 is 0. The first kappa shape index (κ1) is 13.6. The predicted octanol–water partition coefficient (Wildman–Crippen LogP) is 3.78. The molecule has 2 aromatic carbocycles. The Kier molecular flexibility index (Phi) is 4.58. The fraction of sp³-hybridized carbons (Fsp3) is 0.294. The molecule has 0 saturated heterocycles. The Balaban J connectivity index is 2.25. The summed E-state index contributed by atoms with van der Waals surface area (Å²) in [5, 5.41) is 3.18. The summed E-state index contributed by atoms with van der Waals surface area (Å²) < 4.78 is 5.47. The highest BCUT2D eigenvalue weighted by Gasteiger charge is 2.03. The highest BCUT2D eigenvalue weighted by Crippen LogP contribution is 2.26. The average molecular weight is 255 g/mol. The van der Waals surface area contributed by atoms with Crippen LogP contribution < -0.4 is 10.1 Å². The lowest BCUT2D eigenvalue weighted by Crippen LogP contribution is -2.05. The molecule has 0 aliphatic heterocycles. The molecule has 0 aromatic heterocycles. The number of ether oxygens (including phenoxy) is 1. The molecule has 2 heteroatoms. The van der Waals surface area contributed by atoms with Gasteiger partial charge in [-0.2, -0.15) is 0 Å². The molecule has 0 bridgehead atoms. The van der Waals surface area contributed by atoms with Crippen LogP contribution in [0.4, 0.5) is 0 Å². The minimum absolute atomic E-state index is 0.705. The highest BCUT2D eigenvalue weighted by molar-refractivity contribution is 5.68. The second-order valence-corrected chi connectivity index (χ2v) is 4.64. The molecule has 0 aliphatic rings. The third-order valence-corrected chi connectivity index (χ3v) is 3.15. The van der Waals surface area contributed by atoms with E-state index in [9.17, 15) is 0 Å². The van der Waals surface area contributed by atoms with E-state index in [1.807, 2.05) is 26.1 Å². The normalized spacial score (nSPS) is 10.5. The smallest absolute Gasteiger partial charge is 0.119 e. The first-order valence-corrected chi connectivity index (χ1v) is 6.72. The van der Waals surface area contributed by atoms with Crippen LogP contribution in [0.3, 0.4) is 0 Å². The second kappa shape index (κ2) is 6.39. The van der Waals surface area contributed by atoms with Gasteiger partial charge >= 0.3 is 0 Å². The summed E-state index contributed by atoms with van der Waals surface area (Å²) in [5.41, 5.74) is 5.13. The molecule has 19 heavy (non-hydrogen) atoms. The van der Waals surface area contributed by atoms with E-state index in [0.29, 0.717) is 6.61 Å². The van der Waals surface area contributed by atoms with Gasteiger partial charge in [-0.3, -0.25) is 0 Å². The van der Waals surface area contributed by atoms with Crippen LogP contribution >= 0.6 is 0 Å². The number of benzene rings is 2. The van der Waals surface area contributed by atoms with Crippen LogP contribution in [-0.2, 0) is 6.54 Å². The van der Waals surface area contributed by atoms with Crippen molar-refractivity contribution in [1.82, 2.24) is 5.32 Å². The van der Waals surface area contributed by atoms with E-state index in [2.05, 4.69) is 42.6 Å². The monoisotopic (exact) mass is 255 g/mol. The number of rotatable bonds is 5. The Bertz CT molecular complexity index is 531. The SMILES string of the molecule is CCOc1ccc(-c2ccc(CNC)cc2C)cc1. The molecule has 0 atom stereocenters. The zero-order chi connectivity index (χ0) is 13.7. The molecule has 1 N–H and O–H groups in total. The third-order valence-electron chi connectivity index (χ3n) is 3.15. The maximum absolute atomic E-state index is 5.47. The Morgan fingerprint density at radius 2 is 1.79 bits per heavy atom. The van der Waals surface area contributed by atoms with Crippen LogP contribution in [0.25, 0.3) is 11.1 Å². The van der Waals surface area contributed by atoms with Crippen molar-refractivity contribution >= 4 is 0 Å². The minimum Gasteiger partial charge on any atom is -0.494 e. The van der Waals surface area contributed by atoms with E-state index in [4.69, 9.17) is 4.74 Å². The van der Waals surface area contributed by atoms with Crippen LogP contribution in [-0.4, -0.2) is 13.7 Å². The first-order chi connectivity index (χ1) is 9.24. The molecule has 100 valence electrons. The van der Waals surface area contributed by atoms with Crippen molar-refractivity contribution in [2.45, 2.75) is 20.4 Å². The Hall–Kier alpha value is -1.80. The van der Waals surface area contributed by atoms with E-state index in [0.717, 1.165) is 12.3 Å². The Morgan fingerprint density at radius 1 is 1.05 bits per heavy atom. The fourth-order valence-corrected chi connectivity index (χ4v) is 2.26. The van der Waals surface area contributed by atoms with Gasteiger partial charge in [0.05, 0.1) is 6.61 Å². The quantitative estimate of drug-likeness (QED) is 0.878. The number of aryl methyl sites for hydroxylation is 1. The van der Waals surface area contributed by atoms with Gasteiger partial charge in [0.2, 0.25) is 0 Å². The molecule has 0 unspecified atom stereocenters. The molecule has 2 aromatic rings. The number of hydrogen-bond donors (Lipinski definition) is 1. The lowest BCUT2D eigenvalue weighted by Gasteiger charge is -2.10. The summed E-state index contributed by atoms with van der Waals surface area (Å²) in [7, 11) is 1.97. The van der Waals surface area contributed by atoms with Gasteiger partial charge in [0.1, 0.15) is 5.75 Å². The third kappa shape index (κ3) is 3.36. The van der Waals surface area contributed by atoms with Gasteiger partial charge in [-0.25, -0.2) is 0 Å². The fourth-order valence-electron chi connectivity index (χ4n) is 2.26. The summed E-state index contributed by atoms with van der Waals surface area (Å²) in [4.78, 5) is 0. The van der Waals surface area contributed by atoms with Gasteiger partial charge < -0.3 is 10.1 Å². The van der Waals surface area contributed by atoms with Crippen LogP contribution in [0.15, 0.2) is 42.5 Å². The zero-order valence-corrected chi connectivity index (χ0v) is 11.9. The molecule has 0 saturated carbocycles. The van der Waals surface area contributed by atoms with Crippen LogP contribution in [0, 0.1) is 6.92 Å². The van der Waals surface area contributed by atoms with E-state index in [-0.39, 0.29) is 0 Å². The van der Waals surface area contributed by atoms with Gasteiger partial charge in [0.25, 0.3) is 0 Å². The van der Waals surface area contributed by atoms with Gasteiger partial charge in [-0.15, -0.1) is 0 Å². The zero-order valence-electron chi connectivity index (χ0n) is 11.9. The van der Waals surface area contributed by atoms with E-state index < -0.39 is 0 Å². The molecule has 0 heterocycles. The first-order valence-electron chi connectivity index (χ1n) is 6.72. The minimum atomic E-state index is 0.705. The van der Waals surface area contributed by atoms with Crippen molar-refractivity contribution in [3.05, 3.63) is 53.6 Å². The van der Waals surface area contributed by atoms with Crippen molar-refractivity contribution in [3.8, 4) is 16.9 Å². The summed E-state index contributed by atoms with van der Waals surface area (Å²) in [6.07, 6.45) is 0. The second-order valence-electron chi connectivity index (χ2n) is 4.64. The van der Waals surface area contributed by atoms with Gasteiger partial charge in [-0.1, -0.05) is 30.3 Å². The molecule has 0 amide bonds. The van der Waals surface area contributed by atoms with Crippen molar-refractivity contribution in [2.24, 2.45) is 0 Å². The average Bonchev–Trinajstić information content (AvgIpc) is 2.41. The van der Waals surface area contributed by atoms with Crippen molar-refractivity contribution in [2.75, 3.05) is 13.7 Å². The topological polar surface area (TPSA) is 21.3 Å². The maximum Gasteiger partial charge on any atom is 0.119 e. The lowest BCUT2D eigenvalue weighted by atomic mass is 9.98. The van der Waals surface area contributed by atoms with Crippen molar-refractivity contribution in [1.29, 1.82) is 0 Å². The van der Waals surface area contributed by atoms with E-state index >= 15 is 0 Å². The predicted molar refractivity (Wildman–Crippen MR) is 80.5 cm³/mol. The van der Waals surface area contributed by atoms with Gasteiger partial charge in [0, 0.05) is 6.54 Å². The lowest BCUT2D eigenvalue weighted by molar-refractivity contribution is 0.340. The number of hydrogen-bond acceptors (Lipinski definition) is 2. The largest absolute Gasteiger partial charge is 0.494 e. The molecule has 0 aliphatic carbocycles. The summed E-state index contributed by atoms with van der Waals surface area (Å²) in [6.45, 7) is 5.77. The van der Waals surface area contributed by atoms with Crippen molar-refractivity contribution < 1.29 is 4.74 Å². The summed E-state index contributed by atoms with van der Waals surface area (Å²) in [6, 6.07) is 14.9. The van der Waals surface area contributed by atoms with Gasteiger partial charge in [0.15, 0.2) is 0 Å². The molecular weight excluding hydrogens is 234 g/mol.